The van der Waals surface area contributed by atoms with Gasteiger partial charge in [0, 0.05) is 17.3 Å². The number of hydrogen-bond acceptors (Lipinski definition) is 4. The first-order chi connectivity index (χ1) is 6.97. The zero-order chi connectivity index (χ0) is 11.1. The summed E-state index contributed by atoms with van der Waals surface area (Å²) < 4.78 is 0. The highest BCUT2D eigenvalue weighted by atomic mass is 15.1. The highest BCUT2D eigenvalue weighted by Crippen LogP contribution is 2.40. The van der Waals surface area contributed by atoms with Crippen LogP contribution >= 0.6 is 0 Å². The van der Waals surface area contributed by atoms with Crippen LogP contribution in [0.3, 0.4) is 0 Å². The molecule has 0 spiro atoms. The van der Waals surface area contributed by atoms with Crippen molar-refractivity contribution < 1.29 is 0 Å². The average molecular weight is 206 g/mol. The number of nitrogens with one attached hydrogen (secondary N) is 1. The van der Waals surface area contributed by atoms with E-state index in [0.717, 1.165) is 17.4 Å². The molecule has 0 atom stereocenters. The number of nitrogens with zero attached hydrogens (tertiary/aromatic N) is 2. The van der Waals surface area contributed by atoms with E-state index in [-0.39, 0.29) is 5.54 Å². The second-order valence-corrected chi connectivity index (χ2v) is 4.87. The molecule has 1 heterocycles. The number of nitrogens with two attached hydrogens (primary N) is 1. The van der Waals surface area contributed by atoms with Crippen LogP contribution in [0.25, 0.3) is 0 Å². The van der Waals surface area contributed by atoms with Crippen molar-refractivity contribution in [2.24, 2.45) is 5.92 Å². The molecule has 0 unspecified atom stereocenters. The Balaban J connectivity index is 2.16. The molecule has 0 aliphatic heterocycles. The molecular weight excluding hydrogens is 188 g/mol. The fourth-order valence-corrected chi connectivity index (χ4v) is 1.89. The Hall–Kier alpha value is -1.32. The number of aromatic nitrogens is 2. The highest BCUT2D eigenvalue weighted by Gasteiger charge is 2.37. The van der Waals surface area contributed by atoms with E-state index in [0.29, 0.717) is 5.95 Å². The molecule has 0 aromatic carbocycles. The second-order valence-electron chi connectivity index (χ2n) is 4.87. The Morgan fingerprint density at radius 1 is 1.40 bits per heavy atom. The van der Waals surface area contributed by atoms with Gasteiger partial charge in [-0.2, -0.15) is 4.98 Å². The first-order valence-corrected chi connectivity index (χ1v) is 5.37. The van der Waals surface area contributed by atoms with Crippen LogP contribution in [0.1, 0.15) is 32.4 Å². The summed E-state index contributed by atoms with van der Waals surface area (Å²) in [6, 6.07) is 1.93. The van der Waals surface area contributed by atoms with Gasteiger partial charge in [-0.25, -0.2) is 4.98 Å². The molecule has 1 saturated carbocycles. The summed E-state index contributed by atoms with van der Waals surface area (Å²) in [4.78, 5) is 8.24. The Kier molecular flexibility index (Phi) is 2.29. The van der Waals surface area contributed by atoms with Crippen LogP contribution in [0, 0.1) is 12.8 Å². The van der Waals surface area contributed by atoms with Gasteiger partial charge in [0.1, 0.15) is 5.82 Å². The largest absolute Gasteiger partial charge is 0.368 e. The SMILES string of the molecule is Cc1cc(NC(C)(C)C2CC2)nc(N)n1. The molecule has 1 aromatic heterocycles. The van der Waals surface area contributed by atoms with E-state index >= 15 is 0 Å². The number of hydrogen-bond donors (Lipinski definition) is 2. The summed E-state index contributed by atoms with van der Waals surface area (Å²) in [6.07, 6.45) is 2.61. The minimum Gasteiger partial charge on any atom is -0.368 e. The van der Waals surface area contributed by atoms with E-state index in [9.17, 15) is 0 Å². The third-order valence-corrected chi connectivity index (χ3v) is 2.92. The van der Waals surface area contributed by atoms with E-state index in [1.54, 1.807) is 0 Å². The van der Waals surface area contributed by atoms with Crippen molar-refractivity contribution in [2.45, 2.75) is 39.2 Å². The topological polar surface area (TPSA) is 63.8 Å². The van der Waals surface area contributed by atoms with Gasteiger partial charge in [0.25, 0.3) is 0 Å². The fourth-order valence-electron chi connectivity index (χ4n) is 1.89. The van der Waals surface area contributed by atoms with Gasteiger partial charge in [-0.3, -0.25) is 0 Å². The molecular formula is C11H18N4. The molecule has 1 aliphatic rings. The third kappa shape index (κ3) is 2.37. The van der Waals surface area contributed by atoms with Gasteiger partial charge in [-0.05, 0) is 39.5 Å². The number of rotatable bonds is 3. The molecule has 0 amide bonds. The minimum absolute atomic E-state index is 0.104. The van der Waals surface area contributed by atoms with Gasteiger partial charge in [0.05, 0.1) is 0 Å². The van der Waals surface area contributed by atoms with Crippen molar-refractivity contribution >= 4 is 11.8 Å². The van der Waals surface area contributed by atoms with Crippen LogP contribution in [0.5, 0.6) is 0 Å². The van der Waals surface area contributed by atoms with E-state index in [1.165, 1.54) is 12.8 Å². The van der Waals surface area contributed by atoms with Crippen molar-refractivity contribution in [2.75, 3.05) is 11.1 Å². The predicted molar refractivity (Wildman–Crippen MR) is 61.6 cm³/mol. The Bertz CT molecular complexity index is 349. The lowest BCUT2D eigenvalue weighted by Crippen LogP contribution is -2.33. The van der Waals surface area contributed by atoms with Crippen LogP contribution in [0.15, 0.2) is 6.07 Å². The molecule has 1 aromatic rings. The molecule has 15 heavy (non-hydrogen) atoms. The van der Waals surface area contributed by atoms with E-state index in [2.05, 4.69) is 29.1 Å². The summed E-state index contributed by atoms with van der Waals surface area (Å²) in [7, 11) is 0. The van der Waals surface area contributed by atoms with Crippen LogP contribution in [0.4, 0.5) is 11.8 Å². The first kappa shape index (κ1) is 10.2. The van der Waals surface area contributed by atoms with Gasteiger partial charge >= 0.3 is 0 Å². The highest BCUT2D eigenvalue weighted by molar-refractivity contribution is 5.42. The van der Waals surface area contributed by atoms with Gasteiger partial charge in [0.2, 0.25) is 5.95 Å². The molecule has 1 fully saturated rings. The van der Waals surface area contributed by atoms with E-state index < -0.39 is 0 Å². The Morgan fingerprint density at radius 3 is 2.60 bits per heavy atom. The summed E-state index contributed by atoms with van der Waals surface area (Å²) >= 11 is 0. The molecule has 82 valence electrons. The summed E-state index contributed by atoms with van der Waals surface area (Å²) in [5, 5.41) is 3.43. The fraction of sp³-hybridized carbons (Fsp3) is 0.636. The summed E-state index contributed by atoms with van der Waals surface area (Å²) in [5.74, 6) is 1.93. The zero-order valence-electron chi connectivity index (χ0n) is 9.54. The van der Waals surface area contributed by atoms with Crippen LogP contribution < -0.4 is 11.1 Å². The monoisotopic (exact) mass is 206 g/mol. The van der Waals surface area contributed by atoms with E-state index in [4.69, 9.17) is 5.73 Å². The lowest BCUT2D eigenvalue weighted by atomic mass is 9.99. The molecule has 3 N–H and O–H groups in total. The molecule has 4 nitrogen and oxygen atoms in total. The van der Waals surface area contributed by atoms with Crippen LogP contribution in [-0.4, -0.2) is 15.5 Å². The standard InChI is InChI=1S/C11H18N4/c1-7-6-9(14-10(12)13-7)15-11(2,3)8-4-5-8/h6,8H,4-5H2,1-3H3,(H3,12,13,14,15). The normalized spacial score (nSPS) is 16.5. The van der Waals surface area contributed by atoms with Crippen LogP contribution in [-0.2, 0) is 0 Å². The maximum absolute atomic E-state index is 5.61. The van der Waals surface area contributed by atoms with Crippen molar-refractivity contribution in [3.05, 3.63) is 11.8 Å². The number of aryl methyl sites for hydroxylation is 1. The third-order valence-electron chi connectivity index (χ3n) is 2.92. The second kappa shape index (κ2) is 3.36. The number of anilines is 2. The molecule has 0 bridgehead atoms. The predicted octanol–water partition coefficient (Wildman–Crippen LogP) is 1.97. The quantitative estimate of drug-likeness (QED) is 0.793. The van der Waals surface area contributed by atoms with E-state index in [1.807, 2.05) is 13.0 Å². The summed E-state index contributed by atoms with van der Waals surface area (Å²) in [5.41, 5.74) is 6.61. The zero-order valence-corrected chi connectivity index (χ0v) is 9.54. The molecule has 0 radical (unpaired) electrons. The maximum Gasteiger partial charge on any atom is 0.222 e. The van der Waals surface area contributed by atoms with Gasteiger partial charge in [-0.1, -0.05) is 0 Å². The first-order valence-electron chi connectivity index (χ1n) is 5.37. The van der Waals surface area contributed by atoms with Crippen molar-refractivity contribution in [3.8, 4) is 0 Å². The summed E-state index contributed by atoms with van der Waals surface area (Å²) in [6.45, 7) is 6.34. The van der Waals surface area contributed by atoms with Crippen molar-refractivity contribution in [1.29, 1.82) is 0 Å². The molecule has 0 saturated heterocycles. The average Bonchev–Trinajstić information content (AvgIpc) is 2.80. The van der Waals surface area contributed by atoms with Gasteiger partial charge in [0.15, 0.2) is 0 Å². The van der Waals surface area contributed by atoms with Gasteiger partial charge in [-0.15, -0.1) is 0 Å². The molecule has 4 heteroatoms. The van der Waals surface area contributed by atoms with Gasteiger partial charge < -0.3 is 11.1 Å². The minimum atomic E-state index is 0.104. The Labute approximate surface area is 90.3 Å². The Morgan fingerprint density at radius 2 is 2.07 bits per heavy atom. The van der Waals surface area contributed by atoms with Crippen molar-refractivity contribution in [1.82, 2.24) is 9.97 Å². The molecule has 2 rings (SSSR count). The molecule has 1 aliphatic carbocycles. The lowest BCUT2D eigenvalue weighted by Gasteiger charge is -2.26. The lowest BCUT2D eigenvalue weighted by molar-refractivity contribution is 0.492. The number of nitrogen functional groups attached to an aromatic ring is 1. The van der Waals surface area contributed by atoms with Crippen LogP contribution in [0.2, 0.25) is 0 Å². The smallest absolute Gasteiger partial charge is 0.222 e. The van der Waals surface area contributed by atoms with Crippen molar-refractivity contribution in [3.63, 3.8) is 0 Å². The maximum atomic E-state index is 5.61.